The van der Waals surface area contributed by atoms with Gasteiger partial charge in [0.2, 0.25) is 0 Å². The van der Waals surface area contributed by atoms with Crippen LogP contribution in [0.15, 0.2) is 42.6 Å². The van der Waals surface area contributed by atoms with E-state index < -0.39 is 17.1 Å². The number of nitrogens with one attached hydrogen (secondary N) is 1. The van der Waals surface area contributed by atoms with Gasteiger partial charge in [-0.05, 0) is 17.2 Å². The maximum absolute atomic E-state index is 14.2. The zero-order valence-electron chi connectivity index (χ0n) is 13.7. The van der Waals surface area contributed by atoms with Gasteiger partial charge in [0.15, 0.2) is 11.6 Å². The Balaban J connectivity index is 2.12. The number of aromatic nitrogens is 1. The van der Waals surface area contributed by atoms with Crippen molar-refractivity contribution < 1.29 is 17.9 Å². The number of nitrogens with zero attached hydrogens (tertiary/aromatic N) is 2. The minimum absolute atomic E-state index is 0.0766. The van der Waals surface area contributed by atoms with E-state index in [0.717, 1.165) is 5.56 Å². The lowest BCUT2D eigenvalue weighted by atomic mass is 9.96. The van der Waals surface area contributed by atoms with Crippen molar-refractivity contribution in [3.63, 3.8) is 0 Å². The monoisotopic (exact) mass is 370 g/mol. The molecule has 26 heavy (non-hydrogen) atoms. The third kappa shape index (κ3) is 3.55. The van der Waals surface area contributed by atoms with Crippen molar-refractivity contribution in [1.29, 1.82) is 5.26 Å². The molecule has 0 radical (unpaired) electrons. The molecule has 132 valence electrons. The molecule has 1 unspecified atom stereocenters. The van der Waals surface area contributed by atoms with Crippen molar-refractivity contribution in [3.05, 3.63) is 59.5 Å². The van der Waals surface area contributed by atoms with Crippen LogP contribution in [0.1, 0.15) is 11.1 Å². The molecule has 0 aliphatic carbocycles. The van der Waals surface area contributed by atoms with Gasteiger partial charge < -0.3 is 9.29 Å². The summed E-state index contributed by atoms with van der Waals surface area (Å²) in [5.41, 5.74) is 2.83. The van der Waals surface area contributed by atoms with E-state index in [-0.39, 0.29) is 12.3 Å². The Labute approximate surface area is 151 Å². The molecule has 1 atom stereocenters. The molecule has 3 rings (SSSR count). The van der Waals surface area contributed by atoms with Gasteiger partial charge in [0.1, 0.15) is 6.07 Å². The van der Waals surface area contributed by atoms with Crippen LogP contribution in [0.25, 0.3) is 22.0 Å². The highest BCUT2D eigenvalue weighted by Crippen LogP contribution is 2.34. The largest absolute Gasteiger partial charge is 0.760 e. The first-order valence-corrected chi connectivity index (χ1v) is 8.59. The molecule has 0 aliphatic rings. The third-order valence-corrected chi connectivity index (χ3v) is 4.28. The SMILES string of the molecule is COc1cc2ncc(C#N)c(-c3ccc(CNS(=O)[O-])cc3)c2cc1F. The highest BCUT2D eigenvalue weighted by molar-refractivity contribution is 7.77. The Morgan fingerprint density at radius 2 is 2.08 bits per heavy atom. The first kappa shape index (κ1) is 17.9. The van der Waals surface area contributed by atoms with Crippen LogP contribution in [-0.4, -0.2) is 20.9 Å². The predicted octanol–water partition coefficient (Wildman–Crippen LogP) is 2.80. The number of hydrogen-bond donors (Lipinski definition) is 1. The van der Waals surface area contributed by atoms with Crippen LogP contribution in [0, 0.1) is 17.1 Å². The summed E-state index contributed by atoms with van der Waals surface area (Å²) in [7, 11) is 1.37. The van der Waals surface area contributed by atoms with Crippen LogP contribution in [0.4, 0.5) is 4.39 Å². The number of hydrogen-bond acceptors (Lipinski definition) is 5. The zero-order chi connectivity index (χ0) is 18.7. The van der Waals surface area contributed by atoms with E-state index in [2.05, 4.69) is 15.8 Å². The van der Waals surface area contributed by atoms with E-state index in [1.807, 2.05) is 0 Å². The molecule has 0 bridgehead atoms. The van der Waals surface area contributed by atoms with Crippen molar-refractivity contribution in [1.82, 2.24) is 9.71 Å². The van der Waals surface area contributed by atoms with Crippen molar-refractivity contribution >= 4 is 22.2 Å². The second-order valence-corrected chi connectivity index (χ2v) is 6.17. The molecule has 2 aromatic carbocycles. The van der Waals surface area contributed by atoms with E-state index in [1.165, 1.54) is 25.4 Å². The number of benzene rings is 2. The molecule has 0 saturated carbocycles. The second kappa shape index (κ2) is 7.58. The molecule has 3 aromatic rings. The van der Waals surface area contributed by atoms with Gasteiger partial charge in [-0.2, -0.15) is 5.26 Å². The number of pyridine rings is 1. The molecular weight excluding hydrogens is 357 g/mol. The number of methoxy groups -OCH3 is 1. The van der Waals surface area contributed by atoms with Gasteiger partial charge >= 0.3 is 0 Å². The third-order valence-electron chi connectivity index (χ3n) is 3.90. The fourth-order valence-electron chi connectivity index (χ4n) is 2.68. The summed E-state index contributed by atoms with van der Waals surface area (Å²) in [6.45, 7) is 0.157. The van der Waals surface area contributed by atoms with Crippen LogP contribution in [-0.2, 0) is 17.8 Å². The molecule has 0 amide bonds. The predicted molar refractivity (Wildman–Crippen MR) is 94.2 cm³/mol. The van der Waals surface area contributed by atoms with Crippen LogP contribution in [0.3, 0.4) is 0 Å². The molecule has 0 saturated heterocycles. The lowest BCUT2D eigenvalue weighted by Crippen LogP contribution is -2.15. The highest BCUT2D eigenvalue weighted by Gasteiger charge is 2.14. The van der Waals surface area contributed by atoms with E-state index in [9.17, 15) is 18.4 Å². The molecule has 1 aromatic heterocycles. The standard InChI is InChI=1S/C18H14FN3O3S/c1-25-17-7-16-14(6-15(17)19)18(13(8-20)10-21-16)12-4-2-11(3-5-12)9-22-26(23)24/h2-7,10,22H,9H2,1H3,(H,23,24)/p-1. The van der Waals surface area contributed by atoms with Crippen LogP contribution in [0.2, 0.25) is 0 Å². The fourth-order valence-corrected chi connectivity index (χ4v) is 2.96. The molecule has 1 heterocycles. The van der Waals surface area contributed by atoms with E-state index in [1.54, 1.807) is 24.3 Å². The number of fused-ring (bicyclic) bond motifs is 1. The highest BCUT2D eigenvalue weighted by atomic mass is 32.2. The first-order chi connectivity index (χ1) is 12.5. The number of nitriles is 1. The Bertz CT molecular complexity index is 1030. The summed E-state index contributed by atoms with van der Waals surface area (Å²) in [5.74, 6) is -0.468. The molecule has 0 aliphatic heterocycles. The summed E-state index contributed by atoms with van der Waals surface area (Å²) in [6.07, 6.45) is 1.44. The molecular formula is C18H13FN3O3S-. The van der Waals surface area contributed by atoms with E-state index in [4.69, 9.17) is 4.74 Å². The van der Waals surface area contributed by atoms with Gasteiger partial charge in [0.05, 0.1) is 18.2 Å². The minimum atomic E-state index is -2.34. The van der Waals surface area contributed by atoms with Crippen LogP contribution >= 0.6 is 0 Å². The molecule has 0 spiro atoms. The van der Waals surface area contributed by atoms with Crippen LogP contribution < -0.4 is 9.46 Å². The molecule has 0 fully saturated rings. The quantitative estimate of drug-likeness (QED) is 0.697. The fraction of sp³-hybridized carbons (Fsp3) is 0.111. The summed E-state index contributed by atoms with van der Waals surface area (Å²) >= 11 is -2.34. The maximum Gasteiger partial charge on any atom is 0.165 e. The Hall–Kier alpha value is -2.86. The lowest BCUT2D eigenvalue weighted by molar-refractivity contribution is 0.387. The summed E-state index contributed by atoms with van der Waals surface area (Å²) in [6, 6.07) is 11.8. The number of rotatable bonds is 5. The Kier molecular flexibility index (Phi) is 5.23. The van der Waals surface area contributed by atoms with Crippen molar-refractivity contribution in [2.75, 3.05) is 7.11 Å². The van der Waals surface area contributed by atoms with Crippen molar-refractivity contribution in [3.8, 4) is 22.9 Å². The minimum Gasteiger partial charge on any atom is -0.760 e. The van der Waals surface area contributed by atoms with Gasteiger partial charge in [0.25, 0.3) is 0 Å². The summed E-state index contributed by atoms with van der Waals surface area (Å²) in [4.78, 5) is 4.21. The molecule has 6 nitrogen and oxygen atoms in total. The summed E-state index contributed by atoms with van der Waals surface area (Å²) in [5, 5.41) is 9.92. The first-order valence-electron chi connectivity index (χ1n) is 7.52. The molecule has 1 N–H and O–H groups in total. The Morgan fingerprint density at radius 1 is 1.35 bits per heavy atom. The van der Waals surface area contributed by atoms with E-state index >= 15 is 0 Å². The van der Waals surface area contributed by atoms with E-state index in [0.29, 0.717) is 27.6 Å². The van der Waals surface area contributed by atoms with Gasteiger partial charge in [-0.1, -0.05) is 24.3 Å². The van der Waals surface area contributed by atoms with Crippen LogP contribution in [0.5, 0.6) is 5.75 Å². The topological polar surface area (TPSA) is 98.1 Å². The second-order valence-electron chi connectivity index (χ2n) is 5.42. The van der Waals surface area contributed by atoms with Crippen molar-refractivity contribution in [2.45, 2.75) is 6.54 Å². The normalized spacial score (nSPS) is 11.9. The Morgan fingerprint density at radius 3 is 2.69 bits per heavy atom. The number of halogens is 1. The van der Waals surface area contributed by atoms with Gasteiger partial charge in [-0.15, -0.1) is 0 Å². The average Bonchev–Trinajstić information content (AvgIpc) is 2.65. The zero-order valence-corrected chi connectivity index (χ0v) is 14.5. The van der Waals surface area contributed by atoms with Gasteiger partial charge in [-0.3, -0.25) is 9.19 Å². The maximum atomic E-state index is 14.2. The average molecular weight is 370 g/mol. The summed E-state index contributed by atoms with van der Waals surface area (Å²) < 4.78 is 42.6. The lowest BCUT2D eigenvalue weighted by Gasteiger charge is -2.12. The smallest absolute Gasteiger partial charge is 0.165 e. The number of ether oxygens (including phenoxy) is 1. The van der Waals surface area contributed by atoms with Gasteiger partial charge in [-0.25, -0.2) is 9.11 Å². The molecule has 8 heteroatoms. The van der Waals surface area contributed by atoms with Gasteiger partial charge in [0, 0.05) is 41.0 Å². The van der Waals surface area contributed by atoms with Crippen molar-refractivity contribution in [2.24, 2.45) is 0 Å².